The Morgan fingerprint density at radius 1 is 1.21 bits per heavy atom. The van der Waals surface area contributed by atoms with Gasteiger partial charge in [0.1, 0.15) is 17.0 Å². The summed E-state index contributed by atoms with van der Waals surface area (Å²) >= 11 is 0. The molecular weight excluding hydrogens is 479 g/mol. The fourth-order valence-corrected chi connectivity index (χ4v) is 4.43. The number of nitrogens with zero attached hydrogens (tertiary/aromatic N) is 6. The lowest BCUT2D eigenvalue weighted by atomic mass is 10.0. The highest BCUT2D eigenvalue weighted by Crippen LogP contribution is 2.28. The topological polar surface area (TPSA) is 91.3 Å². The summed E-state index contributed by atoms with van der Waals surface area (Å²) in [5, 5.41) is 13.3. The smallest absolute Gasteiger partial charge is 0.159 e. The van der Waals surface area contributed by atoms with Crippen LogP contribution in [0.4, 0.5) is 4.39 Å². The summed E-state index contributed by atoms with van der Waals surface area (Å²) in [7, 11) is 5.97. The molecule has 8 nitrogen and oxygen atoms in total. The van der Waals surface area contributed by atoms with Crippen molar-refractivity contribution in [3.63, 3.8) is 0 Å². The molecule has 5 rings (SSSR count). The van der Waals surface area contributed by atoms with Crippen molar-refractivity contribution in [3.05, 3.63) is 76.4 Å². The zero-order valence-corrected chi connectivity index (χ0v) is 22.1. The van der Waals surface area contributed by atoms with Gasteiger partial charge in [-0.2, -0.15) is 10.2 Å². The van der Waals surface area contributed by atoms with Crippen LogP contribution in [0, 0.1) is 5.82 Å². The average molecular weight is 511 g/mol. The molecule has 0 aliphatic carbocycles. The van der Waals surface area contributed by atoms with Crippen LogP contribution in [0.3, 0.4) is 0 Å². The molecule has 0 aliphatic heterocycles. The monoisotopic (exact) mass is 510 g/mol. The van der Waals surface area contributed by atoms with Crippen LogP contribution < -0.4 is 10.6 Å². The van der Waals surface area contributed by atoms with Crippen molar-refractivity contribution in [3.8, 4) is 22.8 Å². The number of aromatic amines is 2. The van der Waals surface area contributed by atoms with E-state index in [2.05, 4.69) is 36.7 Å². The van der Waals surface area contributed by atoms with Crippen molar-refractivity contribution in [2.24, 2.45) is 7.05 Å². The fraction of sp³-hybridized carbons (Fsp3) is 0.241. The molecular formula is C29H31FN8. The molecule has 4 aromatic heterocycles. The number of aryl methyl sites for hydroxylation is 2. The van der Waals surface area contributed by atoms with E-state index in [0.717, 1.165) is 52.2 Å². The molecule has 0 saturated carbocycles. The molecule has 0 amide bonds. The zero-order valence-electron chi connectivity index (χ0n) is 22.1. The minimum atomic E-state index is -0.279. The van der Waals surface area contributed by atoms with Crippen LogP contribution in [0.2, 0.25) is 0 Å². The first-order valence-electron chi connectivity index (χ1n) is 12.5. The Labute approximate surface area is 220 Å². The van der Waals surface area contributed by atoms with Gasteiger partial charge in [-0.1, -0.05) is 12.7 Å². The number of aromatic nitrogens is 7. The Kier molecular flexibility index (Phi) is 7.02. The number of imidazole rings is 1. The molecule has 0 bridgehead atoms. The SMILES string of the molecule is C=c1c(-c2nc3c(-c4cc(F)cc(CCCN(C)C)c4)nccc3[nH]2)n[nH]/c1=C/C=C(\C)c1cnn(C)c1. The Hall–Kier alpha value is -4.37. The predicted molar refractivity (Wildman–Crippen MR) is 150 cm³/mol. The van der Waals surface area contributed by atoms with Gasteiger partial charge in [-0.15, -0.1) is 0 Å². The Balaban J connectivity index is 1.48. The zero-order chi connectivity index (χ0) is 26.8. The number of hydrogen-bond acceptors (Lipinski definition) is 5. The molecule has 0 fully saturated rings. The molecule has 0 spiro atoms. The molecule has 1 aromatic carbocycles. The number of halogens is 1. The third kappa shape index (κ3) is 5.33. The van der Waals surface area contributed by atoms with Gasteiger partial charge in [-0.25, -0.2) is 9.37 Å². The molecule has 0 radical (unpaired) electrons. The lowest BCUT2D eigenvalue weighted by molar-refractivity contribution is 0.400. The van der Waals surface area contributed by atoms with Crippen molar-refractivity contribution >= 4 is 29.3 Å². The Morgan fingerprint density at radius 2 is 2.05 bits per heavy atom. The molecule has 4 heterocycles. The summed E-state index contributed by atoms with van der Waals surface area (Å²) in [6.07, 6.45) is 11.2. The van der Waals surface area contributed by atoms with Gasteiger partial charge < -0.3 is 9.88 Å². The molecule has 0 saturated heterocycles. The number of nitrogens with one attached hydrogen (secondary N) is 2. The number of H-pyrrole nitrogens is 2. The summed E-state index contributed by atoms with van der Waals surface area (Å²) < 4.78 is 16.3. The quantitative estimate of drug-likeness (QED) is 0.332. The van der Waals surface area contributed by atoms with Gasteiger partial charge in [0.25, 0.3) is 0 Å². The Morgan fingerprint density at radius 3 is 2.82 bits per heavy atom. The third-order valence-corrected chi connectivity index (χ3v) is 6.49. The first-order valence-corrected chi connectivity index (χ1v) is 12.5. The second-order valence-corrected chi connectivity index (χ2v) is 9.78. The number of rotatable bonds is 8. The number of benzene rings is 1. The van der Waals surface area contributed by atoms with E-state index in [9.17, 15) is 4.39 Å². The molecule has 2 N–H and O–H groups in total. The van der Waals surface area contributed by atoms with Crippen molar-refractivity contribution in [1.82, 2.24) is 39.8 Å². The lowest BCUT2D eigenvalue weighted by Crippen LogP contribution is -2.21. The van der Waals surface area contributed by atoms with Crippen LogP contribution in [-0.4, -0.2) is 60.5 Å². The Bertz CT molecular complexity index is 1740. The van der Waals surface area contributed by atoms with E-state index in [-0.39, 0.29) is 5.82 Å². The van der Waals surface area contributed by atoms with Crippen LogP contribution in [0.5, 0.6) is 0 Å². The first kappa shape index (κ1) is 25.3. The van der Waals surface area contributed by atoms with Gasteiger partial charge in [-0.05, 0) is 81.9 Å². The van der Waals surface area contributed by atoms with Crippen molar-refractivity contribution in [2.45, 2.75) is 19.8 Å². The van der Waals surface area contributed by atoms with E-state index >= 15 is 0 Å². The molecule has 5 aromatic rings. The largest absolute Gasteiger partial charge is 0.336 e. The van der Waals surface area contributed by atoms with Crippen molar-refractivity contribution in [2.75, 3.05) is 20.6 Å². The van der Waals surface area contributed by atoms with E-state index in [1.807, 2.05) is 64.7 Å². The van der Waals surface area contributed by atoms with Crippen molar-refractivity contribution in [1.29, 1.82) is 0 Å². The van der Waals surface area contributed by atoms with Crippen LogP contribution in [0.25, 0.3) is 52.0 Å². The molecule has 0 atom stereocenters. The number of fused-ring (bicyclic) bond motifs is 1. The van der Waals surface area contributed by atoms with E-state index in [1.54, 1.807) is 16.9 Å². The molecule has 0 aliphatic rings. The summed E-state index contributed by atoms with van der Waals surface area (Å²) in [6, 6.07) is 6.96. The maximum Gasteiger partial charge on any atom is 0.159 e. The predicted octanol–water partition coefficient (Wildman–Crippen LogP) is 3.68. The molecule has 9 heteroatoms. The second-order valence-electron chi connectivity index (χ2n) is 9.78. The van der Waals surface area contributed by atoms with Gasteiger partial charge in [-0.3, -0.25) is 14.8 Å². The van der Waals surface area contributed by atoms with E-state index < -0.39 is 0 Å². The average Bonchev–Trinajstić information content (AvgIpc) is 3.59. The summed E-state index contributed by atoms with van der Waals surface area (Å²) in [6.45, 7) is 7.20. The van der Waals surface area contributed by atoms with Crippen LogP contribution in [0.1, 0.15) is 24.5 Å². The van der Waals surface area contributed by atoms with Gasteiger partial charge in [0, 0.05) is 35.8 Å². The fourth-order valence-electron chi connectivity index (χ4n) is 4.43. The van der Waals surface area contributed by atoms with Gasteiger partial charge in [0.2, 0.25) is 0 Å². The van der Waals surface area contributed by atoms with E-state index in [1.165, 1.54) is 6.07 Å². The van der Waals surface area contributed by atoms with Crippen LogP contribution in [0.15, 0.2) is 48.9 Å². The lowest BCUT2D eigenvalue weighted by Gasteiger charge is -2.10. The van der Waals surface area contributed by atoms with Crippen LogP contribution >= 0.6 is 0 Å². The number of pyridine rings is 1. The van der Waals surface area contributed by atoms with Gasteiger partial charge >= 0.3 is 0 Å². The summed E-state index contributed by atoms with van der Waals surface area (Å²) in [4.78, 5) is 14.8. The van der Waals surface area contributed by atoms with Crippen LogP contribution in [-0.2, 0) is 13.5 Å². The van der Waals surface area contributed by atoms with E-state index in [0.29, 0.717) is 28.3 Å². The minimum Gasteiger partial charge on any atom is -0.336 e. The highest BCUT2D eigenvalue weighted by Gasteiger charge is 2.15. The van der Waals surface area contributed by atoms with Crippen molar-refractivity contribution < 1.29 is 4.39 Å². The number of hydrogen-bond donors (Lipinski definition) is 2. The first-order chi connectivity index (χ1) is 18.3. The molecule has 0 unspecified atom stereocenters. The standard InChI is InChI=1S/C29H31FN8/c1-18(22-16-32-38(5)17-22)8-9-24-19(2)26(36-35-24)29-33-25-10-11-31-27(28(25)34-29)21-13-20(14-23(30)15-21)7-6-12-37(3)4/h8-11,13-17,35H,2,6-7,12H2,1,3-5H3,(H,33,34)/b18-8+,24-9+. The number of allylic oxidation sites excluding steroid dienone is 2. The normalized spacial score (nSPS) is 12.8. The molecule has 194 valence electrons. The molecule has 38 heavy (non-hydrogen) atoms. The maximum atomic E-state index is 14.6. The summed E-state index contributed by atoms with van der Waals surface area (Å²) in [5.74, 6) is 0.296. The van der Waals surface area contributed by atoms with Gasteiger partial charge in [0.05, 0.1) is 22.8 Å². The minimum absolute atomic E-state index is 0.279. The van der Waals surface area contributed by atoms with Gasteiger partial charge in [0.15, 0.2) is 5.82 Å². The second kappa shape index (κ2) is 10.5. The maximum absolute atomic E-state index is 14.6. The third-order valence-electron chi connectivity index (χ3n) is 6.49. The van der Waals surface area contributed by atoms with E-state index in [4.69, 9.17) is 4.98 Å². The summed E-state index contributed by atoms with van der Waals surface area (Å²) in [5.41, 5.74) is 6.47. The highest BCUT2D eigenvalue weighted by molar-refractivity contribution is 5.91. The highest BCUT2D eigenvalue weighted by atomic mass is 19.1.